The van der Waals surface area contributed by atoms with E-state index in [2.05, 4.69) is 10.2 Å². The monoisotopic (exact) mass is 431 g/mol. The predicted octanol–water partition coefficient (Wildman–Crippen LogP) is 1.50. The number of morpholine rings is 1. The lowest BCUT2D eigenvalue weighted by Crippen LogP contribution is -2.43. The van der Waals surface area contributed by atoms with E-state index < -0.39 is 5.91 Å². The second-order valence-electron chi connectivity index (χ2n) is 7.05. The summed E-state index contributed by atoms with van der Waals surface area (Å²) in [6.45, 7) is 2.56. The van der Waals surface area contributed by atoms with E-state index in [9.17, 15) is 14.0 Å². The van der Waals surface area contributed by atoms with Gasteiger partial charge in [-0.05, 0) is 35.9 Å². The third-order valence-corrected chi connectivity index (χ3v) is 4.97. The number of carbonyl (C=O) groups excluding carboxylic acids is 2. The van der Waals surface area contributed by atoms with Gasteiger partial charge in [0.15, 0.2) is 18.1 Å². The summed E-state index contributed by atoms with van der Waals surface area (Å²) in [5.74, 6) is -0.629. The highest BCUT2D eigenvalue weighted by Gasteiger charge is 2.24. The van der Waals surface area contributed by atoms with Crippen LogP contribution in [0.3, 0.4) is 0 Å². The summed E-state index contributed by atoms with van der Waals surface area (Å²) in [6, 6.07) is 10.8. The molecule has 8 nitrogen and oxygen atoms in total. The first kappa shape index (κ1) is 22.5. The van der Waals surface area contributed by atoms with Gasteiger partial charge in [0.25, 0.3) is 11.8 Å². The van der Waals surface area contributed by atoms with Crippen LogP contribution in [0.5, 0.6) is 11.5 Å². The van der Waals surface area contributed by atoms with Gasteiger partial charge in [0, 0.05) is 25.2 Å². The number of rotatable bonds is 9. The highest BCUT2D eigenvalue weighted by Crippen LogP contribution is 2.28. The van der Waals surface area contributed by atoms with Gasteiger partial charge in [0.05, 0.1) is 26.4 Å². The van der Waals surface area contributed by atoms with Gasteiger partial charge in [0.2, 0.25) is 0 Å². The minimum atomic E-state index is -0.615. The van der Waals surface area contributed by atoms with Crippen molar-refractivity contribution in [3.8, 4) is 11.5 Å². The number of primary amides is 1. The van der Waals surface area contributed by atoms with E-state index in [0.29, 0.717) is 49.9 Å². The van der Waals surface area contributed by atoms with Gasteiger partial charge in [-0.15, -0.1) is 0 Å². The van der Waals surface area contributed by atoms with Crippen LogP contribution in [0.1, 0.15) is 22.0 Å². The second kappa shape index (κ2) is 10.7. The number of ether oxygens (including phenoxy) is 3. The summed E-state index contributed by atoms with van der Waals surface area (Å²) < 4.78 is 29.8. The van der Waals surface area contributed by atoms with Crippen molar-refractivity contribution in [3.05, 3.63) is 59.4 Å². The lowest BCUT2D eigenvalue weighted by molar-refractivity contribution is -0.119. The molecule has 31 heavy (non-hydrogen) atoms. The smallest absolute Gasteiger partial charge is 0.255 e. The van der Waals surface area contributed by atoms with Crippen molar-refractivity contribution >= 4 is 11.8 Å². The molecule has 1 heterocycles. The molecule has 2 aromatic rings. The van der Waals surface area contributed by atoms with Crippen LogP contribution in [-0.4, -0.2) is 63.3 Å². The Balaban J connectivity index is 1.72. The Labute approximate surface area is 180 Å². The Morgan fingerprint density at radius 3 is 2.65 bits per heavy atom. The third-order valence-electron chi connectivity index (χ3n) is 4.97. The lowest BCUT2D eigenvalue weighted by atomic mass is 10.0. The van der Waals surface area contributed by atoms with E-state index in [0.717, 1.165) is 5.56 Å². The summed E-state index contributed by atoms with van der Waals surface area (Å²) in [4.78, 5) is 25.9. The van der Waals surface area contributed by atoms with Gasteiger partial charge in [-0.1, -0.05) is 12.1 Å². The van der Waals surface area contributed by atoms with E-state index >= 15 is 0 Å². The van der Waals surface area contributed by atoms with E-state index in [1.165, 1.54) is 25.3 Å². The van der Waals surface area contributed by atoms with Gasteiger partial charge in [-0.2, -0.15) is 0 Å². The molecule has 1 saturated heterocycles. The van der Waals surface area contributed by atoms with E-state index in [1.807, 2.05) is 6.07 Å². The van der Waals surface area contributed by atoms with E-state index in [-0.39, 0.29) is 24.4 Å². The van der Waals surface area contributed by atoms with Gasteiger partial charge >= 0.3 is 0 Å². The number of nitrogens with one attached hydrogen (secondary N) is 1. The van der Waals surface area contributed by atoms with Crippen molar-refractivity contribution in [2.24, 2.45) is 5.73 Å². The summed E-state index contributed by atoms with van der Waals surface area (Å²) in [6.07, 6.45) is 0. The zero-order valence-electron chi connectivity index (χ0n) is 17.3. The number of methoxy groups -OCH3 is 1. The number of amides is 2. The van der Waals surface area contributed by atoms with Gasteiger partial charge in [0.1, 0.15) is 5.82 Å². The average Bonchev–Trinajstić information content (AvgIpc) is 2.78. The van der Waals surface area contributed by atoms with Crippen LogP contribution in [-0.2, 0) is 9.53 Å². The summed E-state index contributed by atoms with van der Waals surface area (Å²) >= 11 is 0. The first-order valence-electron chi connectivity index (χ1n) is 9.92. The molecule has 0 spiro atoms. The van der Waals surface area contributed by atoms with Crippen LogP contribution in [0.2, 0.25) is 0 Å². The maximum absolute atomic E-state index is 13.8. The van der Waals surface area contributed by atoms with Crippen LogP contribution < -0.4 is 20.5 Å². The van der Waals surface area contributed by atoms with Crippen molar-refractivity contribution < 1.29 is 28.2 Å². The Hall–Kier alpha value is -3.17. The zero-order chi connectivity index (χ0) is 22.2. The molecule has 0 radical (unpaired) electrons. The van der Waals surface area contributed by atoms with E-state index in [1.54, 1.807) is 18.2 Å². The van der Waals surface area contributed by atoms with Crippen molar-refractivity contribution in [3.63, 3.8) is 0 Å². The molecule has 2 aromatic carbocycles. The summed E-state index contributed by atoms with van der Waals surface area (Å²) in [5, 5.41) is 2.92. The number of nitrogens with zero attached hydrogens (tertiary/aromatic N) is 1. The predicted molar refractivity (Wildman–Crippen MR) is 112 cm³/mol. The first-order valence-corrected chi connectivity index (χ1v) is 9.92. The van der Waals surface area contributed by atoms with Crippen LogP contribution in [0.25, 0.3) is 0 Å². The molecule has 1 unspecified atom stereocenters. The molecule has 1 atom stereocenters. The zero-order valence-corrected chi connectivity index (χ0v) is 17.3. The number of nitrogens with two attached hydrogens (primary N) is 1. The molecule has 0 saturated carbocycles. The molecule has 1 aliphatic rings. The Morgan fingerprint density at radius 1 is 1.19 bits per heavy atom. The second-order valence-corrected chi connectivity index (χ2v) is 7.05. The lowest BCUT2D eigenvalue weighted by Gasteiger charge is -2.35. The van der Waals surface area contributed by atoms with Crippen LogP contribution in [0.4, 0.5) is 4.39 Å². The average molecular weight is 431 g/mol. The number of hydrogen-bond acceptors (Lipinski definition) is 6. The highest BCUT2D eigenvalue weighted by molar-refractivity contribution is 5.95. The Kier molecular flexibility index (Phi) is 7.80. The number of carbonyl (C=O) groups is 2. The molecule has 166 valence electrons. The van der Waals surface area contributed by atoms with Crippen LogP contribution in [0, 0.1) is 5.82 Å². The highest BCUT2D eigenvalue weighted by atomic mass is 19.1. The van der Waals surface area contributed by atoms with Crippen molar-refractivity contribution in [2.75, 3.05) is 46.6 Å². The maximum atomic E-state index is 13.8. The molecule has 0 aromatic heterocycles. The fraction of sp³-hybridized carbons (Fsp3) is 0.364. The maximum Gasteiger partial charge on any atom is 0.255 e. The SMILES string of the molecule is COc1cc(C(=O)NCC(c2cccc(F)c2)N2CCOCC2)ccc1OCC(N)=O. The molecule has 0 aliphatic carbocycles. The Morgan fingerprint density at radius 2 is 1.97 bits per heavy atom. The molecule has 1 aliphatic heterocycles. The first-order chi connectivity index (χ1) is 15.0. The molecular formula is C22H26FN3O5. The molecule has 9 heteroatoms. The molecular weight excluding hydrogens is 405 g/mol. The fourth-order valence-electron chi connectivity index (χ4n) is 3.43. The normalized spacial score (nSPS) is 15.2. The van der Waals surface area contributed by atoms with Crippen LogP contribution in [0.15, 0.2) is 42.5 Å². The minimum absolute atomic E-state index is 0.191. The Bertz CT molecular complexity index is 918. The molecule has 2 amide bonds. The van der Waals surface area contributed by atoms with Crippen molar-refractivity contribution in [2.45, 2.75) is 6.04 Å². The molecule has 3 rings (SSSR count). The summed E-state index contributed by atoms with van der Waals surface area (Å²) in [7, 11) is 1.44. The van der Waals surface area contributed by atoms with Gasteiger partial charge in [-0.25, -0.2) is 4.39 Å². The van der Waals surface area contributed by atoms with Crippen molar-refractivity contribution in [1.29, 1.82) is 0 Å². The minimum Gasteiger partial charge on any atom is -0.493 e. The molecule has 0 bridgehead atoms. The number of benzene rings is 2. The standard InChI is InChI=1S/C22H26FN3O5/c1-29-20-12-16(5-6-19(20)31-14-21(24)27)22(28)25-13-18(26-7-9-30-10-8-26)15-3-2-4-17(23)11-15/h2-6,11-12,18H,7-10,13-14H2,1H3,(H2,24,27)(H,25,28). The third kappa shape index (κ3) is 6.16. The van der Waals surface area contributed by atoms with Crippen LogP contribution >= 0.6 is 0 Å². The van der Waals surface area contributed by atoms with Gasteiger partial charge in [-0.3, -0.25) is 14.5 Å². The number of halogens is 1. The largest absolute Gasteiger partial charge is 0.493 e. The van der Waals surface area contributed by atoms with E-state index in [4.69, 9.17) is 19.9 Å². The molecule has 1 fully saturated rings. The van der Waals surface area contributed by atoms with Gasteiger partial charge < -0.3 is 25.3 Å². The quantitative estimate of drug-likeness (QED) is 0.624. The van der Waals surface area contributed by atoms with Crippen molar-refractivity contribution in [1.82, 2.24) is 10.2 Å². The summed E-state index contributed by atoms with van der Waals surface area (Å²) in [5.41, 5.74) is 6.24. The molecule has 3 N–H and O–H groups in total. The number of hydrogen-bond donors (Lipinski definition) is 2. The topological polar surface area (TPSA) is 103 Å². The fourth-order valence-corrected chi connectivity index (χ4v) is 3.43.